The third-order valence-corrected chi connectivity index (χ3v) is 4.42. The summed E-state index contributed by atoms with van der Waals surface area (Å²) in [5.41, 5.74) is 6.99. The van der Waals surface area contributed by atoms with Crippen molar-refractivity contribution in [3.8, 4) is 0 Å². The number of amidine groups is 1. The second kappa shape index (κ2) is 6.43. The molecule has 4 nitrogen and oxygen atoms in total. The Morgan fingerprint density at radius 2 is 2.19 bits per heavy atom. The zero-order valence-corrected chi connectivity index (χ0v) is 12.7. The number of halogens is 1. The molecule has 0 radical (unpaired) electrons. The average Bonchev–Trinajstić information content (AvgIpc) is 2.44. The second-order valence-corrected chi connectivity index (χ2v) is 6.50. The van der Waals surface area contributed by atoms with Gasteiger partial charge in [-0.2, -0.15) is 0 Å². The van der Waals surface area contributed by atoms with Gasteiger partial charge in [0.1, 0.15) is 5.82 Å². The fourth-order valence-corrected chi connectivity index (χ4v) is 3.07. The zero-order chi connectivity index (χ0) is 15.5. The maximum atomic E-state index is 13.6. The minimum Gasteiger partial charge on any atom is -0.409 e. The Kier molecular flexibility index (Phi) is 4.83. The fraction of sp³-hybridized carbons (Fsp3) is 0.562. The third-order valence-electron chi connectivity index (χ3n) is 4.42. The molecule has 1 aromatic rings. The lowest BCUT2D eigenvalue weighted by molar-refractivity contribution is 0.166. The number of hydrogen-bond donors (Lipinski definition) is 3. The molecule has 1 aromatic carbocycles. The SMILES string of the molecule is CC1(C)CCCCC1NCc1cc(F)cc(/C(N)=N/O)c1. The molecule has 1 aliphatic carbocycles. The molecule has 5 heteroatoms. The van der Waals surface area contributed by atoms with E-state index in [1.54, 1.807) is 6.07 Å². The third kappa shape index (κ3) is 3.94. The normalized spacial score (nSPS) is 22.2. The van der Waals surface area contributed by atoms with Crippen molar-refractivity contribution in [1.82, 2.24) is 5.32 Å². The lowest BCUT2D eigenvalue weighted by atomic mass is 9.73. The molecule has 1 unspecified atom stereocenters. The van der Waals surface area contributed by atoms with Crippen LogP contribution in [0.3, 0.4) is 0 Å². The van der Waals surface area contributed by atoms with Crippen molar-refractivity contribution in [3.63, 3.8) is 0 Å². The summed E-state index contributed by atoms with van der Waals surface area (Å²) >= 11 is 0. The Morgan fingerprint density at radius 1 is 1.43 bits per heavy atom. The van der Waals surface area contributed by atoms with Gasteiger partial charge in [-0.25, -0.2) is 4.39 Å². The highest BCUT2D eigenvalue weighted by Crippen LogP contribution is 2.35. The van der Waals surface area contributed by atoms with Crippen LogP contribution in [-0.4, -0.2) is 17.1 Å². The predicted octanol–water partition coefficient (Wildman–Crippen LogP) is 2.98. The van der Waals surface area contributed by atoms with E-state index in [-0.39, 0.29) is 17.1 Å². The number of hydrogen-bond acceptors (Lipinski definition) is 3. The van der Waals surface area contributed by atoms with Gasteiger partial charge in [-0.3, -0.25) is 0 Å². The van der Waals surface area contributed by atoms with Crippen molar-refractivity contribution in [1.29, 1.82) is 0 Å². The zero-order valence-electron chi connectivity index (χ0n) is 12.7. The van der Waals surface area contributed by atoms with Gasteiger partial charge in [-0.05, 0) is 42.0 Å². The van der Waals surface area contributed by atoms with E-state index < -0.39 is 0 Å². The van der Waals surface area contributed by atoms with E-state index in [0.29, 0.717) is 18.2 Å². The van der Waals surface area contributed by atoms with Crippen LogP contribution in [0.25, 0.3) is 0 Å². The number of benzene rings is 1. The van der Waals surface area contributed by atoms with Gasteiger partial charge in [0.25, 0.3) is 0 Å². The molecule has 21 heavy (non-hydrogen) atoms. The Bertz CT molecular complexity index is 528. The summed E-state index contributed by atoms with van der Waals surface area (Å²) in [6.45, 7) is 5.13. The lowest BCUT2D eigenvalue weighted by Gasteiger charge is -2.39. The quantitative estimate of drug-likeness (QED) is 0.346. The molecule has 0 aliphatic heterocycles. The van der Waals surface area contributed by atoms with Gasteiger partial charge in [0.15, 0.2) is 5.84 Å². The molecule has 4 N–H and O–H groups in total. The van der Waals surface area contributed by atoms with Crippen molar-refractivity contribution in [2.24, 2.45) is 16.3 Å². The summed E-state index contributed by atoms with van der Waals surface area (Å²) in [5.74, 6) is -0.451. The van der Waals surface area contributed by atoms with Crippen molar-refractivity contribution >= 4 is 5.84 Å². The second-order valence-electron chi connectivity index (χ2n) is 6.50. The molecule has 0 amide bonds. The smallest absolute Gasteiger partial charge is 0.170 e. The molecule has 1 aliphatic rings. The summed E-state index contributed by atoms with van der Waals surface area (Å²) < 4.78 is 13.6. The van der Waals surface area contributed by atoms with Crippen LogP contribution >= 0.6 is 0 Å². The van der Waals surface area contributed by atoms with Gasteiger partial charge in [0.05, 0.1) is 0 Å². The molecule has 0 heterocycles. The molecule has 1 fully saturated rings. The number of nitrogens with zero attached hydrogens (tertiary/aromatic N) is 1. The van der Waals surface area contributed by atoms with E-state index in [9.17, 15) is 4.39 Å². The van der Waals surface area contributed by atoms with Gasteiger partial charge in [-0.15, -0.1) is 0 Å². The Balaban J connectivity index is 2.08. The molecule has 116 valence electrons. The largest absolute Gasteiger partial charge is 0.409 e. The van der Waals surface area contributed by atoms with Gasteiger partial charge in [0.2, 0.25) is 0 Å². The number of rotatable bonds is 4. The summed E-state index contributed by atoms with van der Waals surface area (Å²) in [5, 5.41) is 15.1. The first-order valence-electron chi connectivity index (χ1n) is 7.43. The summed E-state index contributed by atoms with van der Waals surface area (Å²) in [4.78, 5) is 0. The summed E-state index contributed by atoms with van der Waals surface area (Å²) in [6, 6.07) is 4.93. The van der Waals surface area contributed by atoms with Crippen LogP contribution in [0.15, 0.2) is 23.4 Å². The van der Waals surface area contributed by atoms with E-state index in [1.807, 2.05) is 0 Å². The van der Waals surface area contributed by atoms with Gasteiger partial charge in [-0.1, -0.05) is 31.8 Å². The van der Waals surface area contributed by atoms with E-state index >= 15 is 0 Å². The molecule has 0 saturated heterocycles. The molecular weight excluding hydrogens is 269 g/mol. The van der Waals surface area contributed by atoms with Gasteiger partial charge in [0, 0.05) is 18.2 Å². The standard InChI is InChI=1S/C16H24FN3O/c1-16(2)6-4-3-5-14(16)19-10-11-7-12(15(18)20-21)9-13(17)8-11/h7-9,14,19,21H,3-6,10H2,1-2H3,(H2,18,20). The highest BCUT2D eigenvalue weighted by Gasteiger charge is 2.31. The van der Waals surface area contributed by atoms with Crippen LogP contribution in [0, 0.1) is 11.2 Å². The van der Waals surface area contributed by atoms with E-state index in [0.717, 1.165) is 12.0 Å². The molecule has 2 rings (SSSR count). The average molecular weight is 293 g/mol. The molecule has 1 saturated carbocycles. The van der Waals surface area contributed by atoms with Crippen LogP contribution in [0.1, 0.15) is 50.7 Å². The number of nitrogens with two attached hydrogens (primary N) is 1. The van der Waals surface area contributed by atoms with Gasteiger partial charge < -0.3 is 16.3 Å². The highest BCUT2D eigenvalue weighted by atomic mass is 19.1. The van der Waals surface area contributed by atoms with Crippen molar-refractivity contribution in [2.75, 3.05) is 0 Å². The van der Waals surface area contributed by atoms with Crippen LogP contribution in [0.4, 0.5) is 4.39 Å². The summed E-state index contributed by atoms with van der Waals surface area (Å²) in [7, 11) is 0. The Morgan fingerprint density at radius 3 is 2.86 bits per heavy atom. The van der Waals surface area contributed by atoms with E-state index in [2.05, 4.69) is 24.3 Å². The van der Waals surface area contributed by atoms with E-state index in [4.69, 9.17) is 10.9 Å². The fourth-order valence-electron chi connectivity index (χ4n) is 3.07. The molecule has 0 spiro atoms. The Hall–Kier alpha value is -1.62. The van der Waals surface area contributed by atoms with Gasteiger partial charge >= 0.3 is 0 Å². The maximum absolute atomic E-state index is 13.6. The molecule has 0 aromatic heterocycles. The van der Waals surface area contributed by atoms with Crippen molar-refractivity contribution in [2.45, 2.75) is 52.1 Å². The van der Waals surface area contributed by atoms with E-state index in [1.165, 1.54) is 31.4 Å². The lowest BCUT2D eigenvalue weighted by Crippen LogP contribution is -2.43. The van der Waals surface area contributed by atoms with Crippen LogP contribution in [0.5, 0.6) is 0 Å². The van der Waals surface area contributed by atoms with Crippen molar-refractivity contribution in [3.05, 3.63) is 35.1 Å². The highest BCUT2D eigenvalue weighted by molar-refractivity contribution is 5.97. The predicted molar refractivity (Wildman–Crippen MR) is 81.8 cm³/mol. The first kappa shape index (κ1) is 15.8. The Labute approximate surface area is 125 Å². The minimum atomic E-state index is -0.376. The first-order chi connectivity index (χ1) is 9.92. The van der Waals surface area contributed by atoms with Crippen molar-refractivity contribution < 1.29 is 9.60 Å². The van der Waals surface area contributed by atoms with Crippen LogP contribution in [-0.2, 0) is 6.54 Å². The summed E-state index contributed by atoms with van der Waals surface area (Å²) in [6.07, 6.45) is 4.87. The molecule has 1 atom stereocenters. The molecular formula is C16H24FN3O. The number of oxime groups is 1. The molecule has 0 bridgehead atoms. The van der Waals surface area contributed by atoms with Crippen LogP contribution in [0.2, 0.25) is 0 Å². The maximum Gasteiger partial charge on any atom is 0.170 e. The topological polar surface area (TPSA) is 70.6 Å². The monoisotopic (exact) mass is 293 g/mol. The number of nitrogens with one attached hydrogen (secondary N) is 1. The minimum absolute atomic E-state index is 0.0752. The van der Waals surface area contributed by atoms with Crippen LogP contribution < -0.4 is 11.1 Å². The first-order valence-corrected chi connectivity index (χ1v) is 7.43.